The van der Waals surface area contributed by atoms with Crippen LogP contribution in [0, 0.1) is 5.82 Å². The number of hydrogen-bond acceptors (Lipinski definition) is 2. The molecule has 1 aromatic carbocycles. The van der Waals surface area contributed by atoms with E-state index in [1.165, 1.54) is 30.6 Å². The second-order valence-electron chi connectivity index (χ2n) is 2.90. The lowest BCUT2D eigenvalue weighted by Gasteiger charge is -2.00. The van der Waals surface area contributed by atoms with Gasteiger partial charge in [0.2, 0.25) is 0 Å². The smallest absolute Gasteiger partial charge is 0.274 e. The average molecular weight is 225 g/mol. The number of nitrogens with zero attached hydrogens (tertiary/aromatic N) is 1. The van der Waals surface area contributed by atoms with Gasteiger partial charge >= 0.3 is 0 Å². The molecule has 2 rings (SSSR count). The van der Waals surface area contributed by atoms with Crippen molar-refractivity contribution in [2.24, 2.45) is 0 Å². The molecule has 1 N–H and O–H groups in total. The minimum atomic E-state index is -0.521. The van der Waals surface area contributed by atoms with Crippen molar-refractivity contribution in [3.63, 3.8) is 0 Å². The molecule has 1 heterocycles. The molecule has 0 unspecified atom stereocenters. The normalized spacial score (nSPS) is 10.3. The fourth-order valence-electron chi connectivity index (χ4n) is 1.20. The zero-order chi connectivity index (χ0) is 10.8. The molecule has 1 aromatic heterocycles. The predicted octanol–water partition coefficient (Wildman–Crippen LogP) is 2.23. The second kappa shape index (κ2) is 3.82. The largest absolute Gasteiger partial charge is 0.326 e. The Hall–Kier alpha value is -1.68. The first kappa shape index (κ1) is 9.86. The van der Waals surface area contributed by atoms with Crippen LogP contribution in [0.3, 0.4) is 0 Å². The molecule has 0 aliphatic rings. The average Bonchev–Trinajstić information content (AvgIpc) is 2.23. The van der Waals surface area contributed by atoms with Crippen LogP contribution in [0.25, 0.3) is 11.3 Å². The number of rotatable bonds is 1. The first-order chi connectivity index (χ1) is 7.18. The summed E-state index contributed by atoms with van der Waals surface area (Å²) in [6.07, 6.45) is 2.88. The van der Waals surface area contributed by atoms with E-state index in [-0.39, 0.29) is 16.3 Å². The highest BCUT2D eigenvalue weighted by molar-refractivity contribution is 6.31. The number of hydrogen-bond donors (Lipinski definition) is 1. The summed E-state index contributed by atoms with van der Waals surface area (Å²) >= 11 is 5.60. The Bertz CT molecular complexity index is 553. The van der Waals surface area contributed by atoms with E-state index in [1.54, 1.807) is 0 Å². The van der Waals surface area contributed by atoms with Crippen molar-refractivity contribution in [1.82, 2.24) is 9.97 Å². The van der Waals surface area contributed by atoms with E-state index in [0.717, 1.165) is 0 Å². The second-order valence-corrected chi connectivity index (χ2v) is 3.30. The Morgan fingerprint density at radius 3 is 2.87 bits per heavy atom. The van der Waals surface area contributed by atoms with E-state index in [0.29, 0.717) is 5.56 Å². The van der Waals surface area contributed by atoms with Crippen LogP contribution in [0.1, 0.15) is 0 Å². The molecule has 3 nitrogen and oxygen atoms in total. The Morgan fingerprint density at radius 2 is 2.20 bits per heavy atom. The van der Waals surface area contributed by atoms with Gasteiger partial charge in [0, 0.05) is 18.0 Å². The number of H-pyrrole nitrogens is 1. The summed E-state index contributed by atoms with van der Waals surface area (Å²) in [6.45, 7) is 0. The standard InChI is InChI=1S/C10H6ClFN2O/c11-7-5-6(1-2-8(7)12)9-10(15)14-4-3-13-9/h1-5H,(H,14,15). The molecule has 0 aliphatic carbocycles. The van der Waals surface area contributed by atoms with Crippen LogP contribution in [-0.2, 0) is 0 Å². The van der Waals surface area contributed by atoms with Gasteiger partial charge in [0.15, 0.2) is 0 Å². The first-order valence-electron chi connectivity index (χ1n) is 4.17. The number of aromatic amines is 1. The number of aromatic nitrogens is 2. The summed E-state index contributed by atoms with van der Waals surface area (Å²) < 4.78 is 12.9. The highest BCUT2D eigenvalue weighted by atomic mass is 35.5. The van der Waals surface area contributed by atoms with Crippen molar-refractivity contribution in [1.29, 1.82) is 0 Å². The SMILES string of the molecule is O=c1[nH]ccnc1-c1ccc(F)c(Cl)c1. The van der Waals surface area contributed by atoms with Crippen molar-refractivity contribution in [3.8, 4) is 11.3 Å². The molecule has 0 bridgehead atoms. The maximum Gasteiger partial charge on any atom is 0.274 e. The molecule has 0 radical (unpaired) electrons. The summed E-state index contributed by atoms with van der Waals surface area (Å²) in [6, 6.07) is 4.03. The minimum Gasteiger partial charge on any atom is -0.326 e. The van der Waals surface area contributed by atoms with Crippen molar-refractivity contribution < 1.29 is 4.39 Å². The Morgan fingerprint density at radius 1 is 1.40 bits per heavy atom. The predicted molar refractivity (Wildman–Crippen MR) is 55.3 cm³/mol. The van der Waals surface area contributed by atoms with E-state index in [2.05, 4.69) is 9.97 Å². The van der Waals surface area contributed by atoms with Crippen LogP contribution in [0.4, 0.5) is 4.39 Å². The number of benzene rings is 1. The van der Waals surface area contributed by atoms with Gasteiger partial charge in [-0.1, -0.05) is 11.6 Å². The molecule has 0 saturated carbocycles. The topological polar surface area (TPSA) is 45.8 Å². The molecule has 2 aromatic rings. The molecule has 5 heteroatoms. The third-order valence-electron chi connectivity index (χ3n) is 1.90. The third-order valence-corrected chi connectivity index (χ3v) is 2.19. The van der Waals surface area contributed by atoms with Gasteiger partial charge in [-0.25, -0.2) is 9.37 Å². The van der Waals surface area contributed by atoms with E-state index in [4.69, 9.17) is 11.6 Å². The first-order valence-corrected chi connectivity index (χ1v) is 4.55. The monoisotopic (exact) mass is 224 g/mol. The fraction of sp³-hybridized carbons (Fsp3) is 0. The van der Waals surface area contributed by atoms with Crippen molar-refractivity contribution >= 4 is 11.6 Å². The lowest BCUT2D eigenvalue weighted by molar-refractivity contribution is 0.628. The fourth-order valence-corrected chi connectivity index (χ4v) is 1.38. The molecule has 0 aliphatic heterocycles. The zero-order valence-corrected chi connectivity index (χ0v) is 8.25. The maximum atomic E-state index is 12.9. The highest BCUT2D eigenvalue weighted by Crippen LogP contribution is 2.20. The third kappa shape index (κ3) is 1.89. The van der Waals surface area contributed by atoms with Crippen molar-refractivity contribution in [3.05, 3.63) is 51.8 Å². The molecule has 0 fully saturated rings. The van der Waals surface area contributed by atoms with Crippen molar-refractivity contribution in [2.45, 2.75) is 0 Å². The van der Waals surface area contributed by atoms with E-state index in [1.807, 2.05) is 0 Å². The van der Waals surface area contributed by atoms with Crippen LogP contribution in [0.5, 0.6) is 0 Å². The maximum absolute atomic E-state index is 12.9. The van der Waals surface area contributed by atoms with Crippen molar-refractivity contribution in [2.75, 3.05) is 0 Å². The molecule has 76 valence electrons. The van der Waals surface area contributed by atoms with Crippen LogP contribution in [0.15, 0.2) is 35.4 Å². The number of halogens is 2. The van der Waals surface area contributed by atoms with Gasteiger partial charge in [0.05, 0.1) is 5.02 Å². The molecular formula is C10H6ClFN2O. The van der Waals surface area contributed by atoms with E-state index in [9.17, 15) is 9.18 Å². The summed E-state index contributed by atoms with van der Waals surface area (Å²) in [4.78, 5) is 17.7. The van der Waals surface area contributed by atoms with E-state index >= 15 is 0 Å². The van der Waals surface area contributed by atoms with Gasteiger partial charge in [-0.05, 0) is 18.2 Å². The molecule has 0 spiro atoms. The van der Waals surface area contributed by atoms with Crippen LogP contribution in [-0.4, -0.2) is 9.97 Å². The molecule has 0 amide bonds. The quantitative estimate of drug-likeness (QED) is 0.808. The van der Waals surface area contributed by atoms with Gasteiger partial charge in [-0.2, -0.15) is 0 Å². The molecular weight excluding hydrogens is 219 g/mol. The van der Waals surface area contributed by atoms with Gasteiger partial charge in [-0.15, -0.1) is 0 Å². The minimum absolute atomic E-state index is 0.0300. The Kier molecular flexibility index (Phi) is 2.51. The molecule has 0 atom stereocenters. The lowest BCUT2D eigenvalue weighted by Crippen LogP contribution is -2.09. The van der Waals surface area contributed by atoms with E-state index < -0.39 is 5.82 Å². The summed E-state index contributed by atoms with van der Waals surface area (Å²) in [5.41, 5.74) is 0.378. The van der Waals surface area contributed by atoms with Crippen LogP contribution < -0.4 is 5.56 Å². The van der Waals surface area contributed by atoms with Crippen LogP contribution in [0.2, 0.25) is 5.02 Å². The summed E-state index contributed by atoms with van der Waals surface area (Å²) in [7, 11) is 0. The number of nitrogens with one attached hydrogen (secondary N) is 1. The van der Waals surface area contributed by atoms with Gasteiger partial charge in [0.1, 0.15) is 11.5 Å². The molecule has 0 saturated heterocycles. The van der Waals surface area contributed by atoms with Crippen LogP contribution >= 0.6 is 11.6 Å². The van der Waals surface area contributed by atoms with Gasteiger partial charge in [0.25, 0.3) is 5.56 Å². The Labute approximate surface area is 89.6 Å². The molecule has 15 heavy (non-hydrogen) atoms. The Balaban J connectivity index is 2.60. The summed E-state index contributed by atoms with van der Waals surface area (Å²) in [5, 5.41) is -0.0300. The zero-order valence-electron chi connectivity index (χ0n) is 7.50. The van der Waals surface area contributed by atoms with Gasteiger partial charge < -0.3 is 4.98 Å². The lowest BCUT2D eigenvalue weighted by atomic mass is 10.1. The summed E-state index contributed by atoms with van der Waals surface area (Å²) in [5.74, 6) is -0.521. The van der Waals surface area contributed by atoms with Gasteiger partial charge in [-0.3, -0.25) is 4.79 Å². The highest BCUT2D eigenvalue weighted by Gasteiger charge is 2.06.